The summed E-state index contributed by atoms with van der Waals surface area (Å²) in [7, 11) is -0.859. The molecule has 3 aromatic carbocycles. The average molecular weight is 525 g/mol. The number of ether oxygens (including phenoxy) is 2. The minimum atomic E-state index is -4.02. The maximum absolute atomic E-state index is 13.6. The highest BCUT2D eigenvalue weighted by atomic mass is 32.2. The SMILES string of the molecule is COc1ccc(S(=O)(=O)N(CC(=O)N[C@H](C)c2cc(C(C)C)c(OC)cc2C)c2ccc(C)cc2)cc1. The van der Waals surface area contributed by atoms with Crippen molar-refractivity contribution in [3.05, 3.63) is 82.9 Å². The number of hydrogen-bond acceptors (Lipinski definition) is 5. The van der Waals surface area contributed by atoms with Gasteiger partial charge in [-0.25, -0.2) is 8.42 Å². The van der Waals surface area contributed by atoms with Gasteiger partial charge in [-0.3, -0.25) is 9.10 Å². The Morgan fingerprint density at radius 2 is 1.51 bits per heavy atom. The molecule has 0 aromatic heterocycles. The van der Waals surface area contributed by atoms with Gasteiger partial charge in [0.15, 0.2) is 0 Å². The zero-order valence-corrected chi connectivity index (χ0v) is 23.3. The zero-order chi connectivity index (χ0) is 27.3. The molecule has 37 heavy (non-hydrogen) atoms. The molecule has 0 bridgehead atoms. The molecule has 0 spiro atoms. The van der Waals surface area contributed by atoms with Crippen LogP contribution in [0.4, 0.5) is 5.69 Å². The third kappa shape index (κ3) is 6.43. The zero-order valence-electron chi connectivity index (χ0n) is 22.5. The second kappa shape index (κ2) is 11.7. The number of hydrogen-bond donors (Lipinski definition) is 1. The summed E-state index contributed by atoms with van der Waals surface area (Å²) in [6, 6.07) is 16.9. The second-order valence-electron chi connectivity index (χ2n) is 9.42. The van der Waals surface area contributed by atoms with Crippen molar-refractivity contribution >= 4 is 21.6 Å². The number of sulfonamides is 1. The number of anilines is 1. The fraction of sp³-hybridized carbons (Fsp3) is 0.345. The molecule has 198 valence electrons. The standard InChI is InChI=1S/C29H36N2O5S/c1-19(2)26-17-27(21(4)16-28(26)36-7)22(5)30-29(32)18-31(23-10-8-20(3)9-11-23)37(33,34)25-14-12-24(35-6)13-15-25/h8-17,19,22H,18H2,1-7H3,(H,30,32)/t22-/m1/s1. The largest absolute Gasteiger partial charge is 0.497 e. The van der Waals surface area contributed by atoms with Crippen molar-refractivity contribution in [3.63, 3.8) is 0 Å². The van der Waals surface area contributed by atoms with Gasteiger partial charge >= 0.3 is 0 Å². The number of rotatable bonds is 10. The molecule has 0 heterocycles. The number of benzene rings is 3. The predicted molar refractivity (Wildman–Crippen MR) is 147 cm³/mol. The lowest BCUT2D eigenvalue weighted by Crippen LogP contribution is -2.41. The van der Waals surface area contributed by atoms with E-state index in [4.69, 9.17) is 9.47 Å². The molecule has 1 amide bonds. The third-order valence-electron chi connectivity index (χ3n) is 6.34. The number of nitrogens with one attached hydrogen (secondary N) is 1. The molecule has 3 rings (SSSR count). The molecule has 0 saturated heterocycles. The van der Waals surface area contributed by atoms with E-state index in [0.29, 0.717) is 11.4 Å². The molecule has 0 unspecified atom stereocenters. The van der Waals surface area contributed by atoms with Crippen molar-refractivity contribution in [2.24, 2.45) is 0 Å². The number of nitrogens with zero attached hydrogens (tertiary/aromatic N) is 1. The lowest BCUT2D eigenvalue weighted by atomic mass is 9.93. The van der Waals surface area contributed by atoms with E-state index >= 15 is 0 Å². The fourth-order valence-corrected chi connectivity index (χ4v) is 5.63. The molecule has 0 saturated carbocycles. The third-order valence-corrected chi connectivity index (χ3v) is 8.13. The van der Waals surface area contributed by atoms with Gasteiger partial charge in [-0.2, -0.15) is 0 Å². The first-order valence-electron chi connectivity index (χ1n) is 12.2. The Balaban J connectivity index is 1.91. The molecule has 0 aliphatic rings. The van der Waals surface area contributed by atoms with Crippen molar-refractivity contribution in [1.82, 2.24) is 5.32 Å². The first-order valence-corrected chi connectivity index (χ1v) is 13.6. The van der Waals surface area contributed by atoms with Crippen LogP contribution in [0.25, 0.3) is 0 Å². The van der Waals surface area contributed by atoms with E-state index in [1.807, 2.05) is 39.0 Å². The monoisotopic (exact) mass is 524 g/mol. The van der Waals surface area contributed by atoms with E-state index < -0.39 is 15.9 Å². The summed E-state index contributed by atoms with van der Waals surface area (Å²) in [5.74, 6) is 1.18. The first kappa shape index (κ1) is 28.1. The molecule has 1 N–H and O–H groups in total. The highest BCUT2D eigenvalue weighted by molar-refractivity contribution is 7.92. The lowest BCUT2D eigenvalue weighted by Gasteiger charge is -2.26. The molecule has 1 atom stereocenters. The Hall–Kier alpha value is -3.52. The normalized spacial score (nSPS) is 12.2. The van der Waals surface area contributed by atoms with E-state index in [-0.39, 0.29) is 23.4 Å². The Bertz CT molecular complexity index is 1330. The predicted octanol–water partition coefficient (Wildman–Crippen LogP) is 5.52. The van der Waals surface area contributed by atoms with Gasteiger partial charge < -0.3 is 14.8 Å². The van der Waals surface area contributed by atoms with Crippen LogP contribution in [0.3, 0.4) is 0 Å². The van der Waals surface area contributed by atoms with E-state index in [1.165, 1.54) is 19.2 Å². The van der Waals surface area contributed by atoms with Crippen molar-refractivity contribution in [1.29, 1.82) is 0 Å². The molecule has 0 fully saturated rings. The smallest absolute Gasteiger partial charge is 0.264 e. The van der Waals surface area contributed by atoms with Crippen LogP contribution in [0.15, 0.2) is 65.6 Å². The van der Waals surface area contributed by atoms with Gasteiger partial charge in [0.05, 0.1) is 30.8 Å². The second-order valence-corrected chi connectivity index (χ2v) is 11.3. The van der Waals surface area contributed by atoms with E-state index in [9.17, 15) is 13.2 Å². The summed E-state index contributed by atoms with van der Waals surface area (Å²) in [5.41, 5.74) is 4.38. The molecule has 0 aliphatic heterocycles. The van der Waals surface area contributed by atoms with Gasteiger partial charge in [0.25, 0.3) is 10.0 Å². The van der Waals surface area contributed by atoms with Gasteiger partial charge in [-0.1, -0.05) is 31.5 Å². The summed E-state index contributed by atoms with van der Waals surface area (Å²) >= 11 is 0. The maximum atomic E-state index is 13.6. The number of amides is 1. The lowest BCUT2D eigenvalue weighted by molar-refractivity contribution is -0.120. The molecular weight excluding hydrogens is 488 g/mol. The summed E-state index contributed by atoms with van der Waals surface area (Å²) in [6.07, 6.45) is 0. The Labute approximate surface area is 220 Å². The summed E-state index contributed by atoms with van der Waals surface area (Å²) in [4.78, 5) is 13.3. The van der Waals surface area contributed by atoms with Crippen LogP contribution in [-0.2, 0) is 14.8 Å². The maximum Gasteiger partial charge on any atom is 0.264 e. The number of aryl methyl sites for hydroxylation is 2. The van der Waals surface area contributed by atoms with Gasteiger partial charge in [-0.05, 0) is 91.9 Å². The van der Waals surface area contributed by atoms with Crippen LogP contribution in [0.5, 0.6) is 11.5 Å². The van der Waals surface area contributed by atoms with Gasteiger partial charge in [-0.15, -0.1) is 0 Å². The van der Waals surface area contributed by atoms with Crippen LogP contribution in [0, 0.1) is 13.8 Å². The first-order chi connectivity index (χ1) is 17.5. The molecule has 3 aromatic rings. The van der Waals surface area contributed by atoms with E-state index in [1.54, 1.807) is 31.4 Å². The van der Waals surface area contributed by atoms with E-state index in [0.717, 1.165) is 32.3 Å². The van der Waals surface area contributed by atoms with Crippen LogP contribution in [0.1, 0.15) is 55.0 Å². The van der Waals surface area contributed by atoms with Gasteiger partial charge in [0.2, 0.25) is 5.91 Å². The van der Waals surface area contributed by atoms with Crippen molar-refractivity contribution in [3.8, 4) is 11.5 Å². The van der Waals surface area contributed by atoms with Crippen molar-refractivity contribution in [2.75, 3.05) is 25.1 Å². The number of carbonyl (C=O) groups is 1. The topological polar surface area (TPSA) is 84.9 Å². The molecule has 8 heteroatoms. The summed E-state index contributed by atoms with van der Waals surface area (Å²) < 4.78 is 39.1. The fourth-order valence-electron chi connectivity index (χ4n) is 4.21. The Morgan fingerprint density at radius 3 is 2.05 bits per heavy atom. The van der Waals surface area contributed by atoms with Crippen LogP contribution >= 0.6 is 0 Å². The molecule has 0 radical (unpaired) electrons. The van der Waals surface area contributed by atoms with E-state index in [2.05, 4.69) is 25.2 Å². The average Bonchev–Trinajstić information content (AvgIpc) is 2.87. The summed E-state index contributed by atoms with van der Waals surface area (Å²) in [5, 5.41) is 2.99. The minimum absolute atomic E-state index is 0.0716. The Morgan fingerprint density at radius 1 is 0.892 bits per heavy atom. The molecular formula is C29H36N2O5S. The summed E-state index contributed by atoms with van der Waals surface area (Å²) in [6.45, 7) is 9.59. The highest BCUT2D eigenvalue weighted by Crippen LogP contribution is 2.32. The molecule has 0 aliphatic carbocycles. The quantitative estimate of drug-likeness (QED) is 0.378. The number of methoxy groups -OCH3 is 2. The minimum Gasteiger partial charge on any atom is -0.497 e. The van der Waals surface area contributed by atoms with Crippen molar-refractivity contribution < 1.29 is 22.7 Å². The molecule has 7 nitrogen and oxygen atoms in total. The van der Waals surface area contributed by atoms with Crippen LogP contribution in [-0.4, -0.2) is 35.1 Å². The van der Waals surface area contributed by atoms with Crippen LogP contribution < -0.4 is 19.1 Å². The number of carbonyl (C=O) groups excluding carboxylic acids is 1. The highest BCUT2D eigenvalue weighted by Gasteiger charge is 2.28. The van der Waals surface area contributed by atoms with Crippen molar-refractivity contribution in [2.45, 2.75) is 51.5 Å². The van der Waals surface area contributed by atoms with Crippen LogP contribution in [0.2, 0.25) is 0 Å². The Kier molecular flexibility index (Phi) is 8.86. The van der Waals surface area contributed by atoms with Gasteiger partial charge in [0.1, 0.15) is 18.0 Å². The van der Waals surface area contributed by atoms with Gasteiger partial charge in [0, 0.05) is 0 Å².